The second-order valence-electron chi connectivity index (χ2n) is 3.71. The molecule has 0 amide bonds. The number of nitrogens with zero attached hydrogens (tertiary/aromatic N) is 2. The Morgan fingerprint density at radius 2 is 2.27 bits per heavy atom. The molecule has 15 heavy (non-hydrogen) atoms. The Hall–Kier alpha value is -0.880. The van der Waals surface area contributed by atoms with E-state index in [9.17, 15) is 8.42 Å². The highest BCUT2D eigenvalue weighted by molar-refractivity contribution is 7.90. The van der Waals surface area contributed by atoms with Gasteiger partial charge in [-0.25, -0.2) is 8.42 Å². The number of nitrogens with one attached hydrogen (secondary N) is 1. The highest BCUT2D eigenvalue weighted by atomic mass is 32.2. The van der Waals surface area contributed by atoms with Crippen LogP contribution in [0.25, 0.3) is 0 Å². The van der Waals surface area contributed by atoms with Gasteiger partial charge in [-0.2, -0.15) is 5.10 Å². The first-order chi connectivity index (χ1) is 6.97. The smallest absolute Gasteiger partial charge is 0.148 e. The molecule has 0 aliphatic carbocycles. The van der Waals surface area contributed by atoms with E-state index < -0.39 is 9.84 Å². The second kappa shape index (κ2) is 5.27. The Bertz CT molecular complexity index is 372. The number of aromatic nitrogens is 2. The minimum atomic E-state index is -2.87. The third-order valence-corrected chi connectivity index (χ3v) is 2.93. The van der Waals surface area contributed by atoms with Crippen LogP contribution in [-0.4, -0.2) is 42.8 Å². The van der Waals surface area contributed by atoms with Crippen LogP contribution in [0.4, 0.5) is 0 Å². The molecule has 1 aromatic rings. The van der Waals surface area contributed by atoms with Crippen molar-refractivity contribution in [2.45, 2.75) is 19.5 Å². The fourth-order valence-electron chi connectivity index (χ4n) is 1.24. The van der Waals surface area contributed by atoms with Crippen molar-refractivity contribution in [3.05, 3.63) is 18.5 Å². The molecular weight excluding hydrogens is 214 g/mol. The largest absolute Gasteiger partial charge is 0.311 e. The molecule has 1 atom stereocenters. The summed E-state index contributed by atoms with van der Waals surface area (Å²) in [6, 6.07) is 2.08. The number of hydrogen-bond donors (Lipinski definition) is 1. The fourth-order valence-corrected chi connectivity index (χ4v) is 1.73. The molecule has 0 radical (unpaired) electrons. The third kappa shape index (κ3) is 5.54. The summed E-state index contributed by atoms with van der Waals surface area (Å²) in [4.78, 5) is 0. The van der Waals surface area contributed by atoms with Crippen LogP contribution in [0.3, 0.4) is 0 Å². The summed E-state index contributed by atoms with van der Waals surface area (Å²) in [7, 11) is -2.87. The lowest BCUT2D eigenvalue weighted by molar-refractivity contribution is 0.461. The lowest BCUT2D eigenvalue weighted by Gasteiger charge is -2.13. The predicted octanol–water partition coefficient (Wildman–Crippen LogP) is -0.0942. The molecule has 0 bridgehead atoms. The SMILES string of the molecule is C[C@H](Cn1cccn1)NCCS(C)(=O)=O. The van der Waals surface area contributed by atoms with Crippen molar-refractivity contribution >= 4 is 9.84 Å². The van der Waals surface area contributed by atoms with Crippen LogP contribution < -0.4 is 5.32 Å². The monoisotopic (exact) mass is 231 g/mol. The Balaban J connectivity index is 2.22. The summed E-state index contributed by atoms with van der Waals surface area (Å²) in [5.74, 6) is 0.177. The molecule has 5 nitrogen and oxygen atoms in total. The van der Waals surface area contributed by atoms with Crippen LogP contribution in [0.5, 0.6) is 0 Å². The molecule has 0 aromatic carbocycles. The van der Waals surface area contributed by atoms with Gasteiger partial charge in [0.1, 0.15) is 9.84 Å². The Morgan fingerprint density at radius 3 is 2.80 bits per heavy atom. The van der Waals surface area contributed by atoms with Crippen LogP contribution in [0.15, 0.2) is 18.5 Å². The lowest BCUT2D eigenvalue weighted by atomic mass is 10.3. The van der Waals surface area contributed by atoms with Gasteiger partial charge < -0.3 is 5.32 Å². The van der Waals surface area contributed by atoms with E-state index in [0.29, 0.717) is 6.54 Å². The summed E-state index contributed by atoms with van der Waals surface area (Å²) in [6.07, 6.45) is 4.85. The minimum Gasteiger partial charge on any atom is -0.311 e. The average Bonchev–Trinajstić information content (AvgIpc) is 2.54. The summed E-state index contributed by atoms with van der Waals surface area (Å²) in [5.41, 5.74) is 0. The molecule has 0 unspecified atom stereocenters. The zero-order valence-corrected chi connectivity index (χ0v) is 9.87. The zero-order chi connectivity index (χ0) is 11.3. The molecule has 1 aromatic heterocycles. The topological polar surface area (TPSA) is 64.0 Å². The molecule has 0 fully saturated rings. The van der Waals surface area contributed by atoms with Gasteiger partial charge in [-0.15, -0.1) is 0 Å². The second-order valence-corrected chi connectivity index (χ2v) is 5.97. The summed E-state index contributed by atoms with van der Waals surface area (Å²) < 4.78 is 23.6. The molecule has 0 saturated carbocycles. The van der Waals surface area contributed by atoms with Gasteiger partial charge in [-0.3, -0.25) is 4.68 Å². The van der Waals surface area contributed by atoms with Crippen LogP contribution >= 0.6 is 0 Å². The molecule has 1 heterocycles. The minimum absolute atomic E-state index is 0.177. The van der Waals surface area contributed by atoms with Crippen molar-refractivity contribution in [1.29, 1.82) is 0 Å². The molecule has 1 N–H and O–H groups in total. The van der Waals surface area contributed by atoms with E-state index in [2.05, 4.69) is 10.4 Å². The van der Waals surface area contributed by atoms with Gasteiger partial charge >= 0.3 is 0 Å². The maximum atomic E-state index is 10.9. The maximum Gasteiger partial charge on any atom is 0.148 e. The molecule has 0 aliphatic rings. The van der Waals surface area contributed by atoms with Crippen molar-refractivity contribution in [3.8, 4) is 0 Å². The molecule has 0 saturated heterocycles. The first-order valence-corrected chi connectivity index (χ1v) is 6.92. The molecule has 6 heteroatoms. The maximum absolute atomic E-state index is 10.9. The third-order valence-electron chi connectivity index (χ3n) is 1.99. The molecule has 1 rings (SSSR count). The van der Waals surface area contributed by atoms with Crippen molar-refractivity contribution in [2.24, 2.45) is 0 Å². The van der Waals surface area contributed by atoms with Crippen molar-refractivity contribution in [1.82, 2.24) is 15.1 Å². The fraction of sp³-hybridized carbons (Fsp3) is 0.667. The van der Waals surface area contributed by atoms with E-state index in [1.807, 2.05) is 23.9 Å². The van der Waals surface area contributed by atoms with Crippen molar-refractivity contribution < 1.29 is 8.42 Å². The van der Waals surface area contributed by atoms with E-state index in [-0.39, 0.29) is 11.8 Å². The Morgan fingerprint density at radius 1 is 1.53 bits per heavy atom. The van der Waals surface area contributed by atoms with Crippen LogP contribution in [0.1, 0.15) is 6.92 Å². The zero-order valence-electron chi connectivity index (χ0n) is 9.05. The highest BCUT2D eigenvalue weighted by Crippen LogP contribution is 1.90. The van der Waals surface area contributed by atoms with E-state index in [0.717, 1.165) is 6.54 Å². The summed E-state index contributed by atoms with van der Waals surface area (Å²) in [6.45, 7) is 3.24. The number of hydrogen-bond acceptors (Lipinski definition) is 4. The number of sulfone groups is 1. The highest BCUT2D eigenvalue weighted by Gasteiger charge is 2.05. The predicted molar refractivity (Wildman–Crippen MR) is 59.4 cm³/mol. The van der Waals surface area contributed by atoms with Gasteiger partial charge in [0.15, 0.2) is 0 Å². The standard InChI is InChI=1S/C9H17N3O2S/c1-9(8-12-6-3-4-11-12)10-5-7-15(2,13)14/h3-4,6,9-10H,5,7-8H2,1-2H3/t9-/m1/s1. The van der Waals surface area contributed by atoms with Crippen molar-refractivity contribution in [2.75, 3.05) is 18.6 Å². The first kappa shape index (κ1) is 12.2. The van der Waals surface area contributed by atoms with Crippen molar-refractivity contribution in [3.63, 3.8) is 0 Å². The van der Waals surface area contributed by atoms with E-state index in [1.165, 1.54) is 6.26 Å². The van der Waals surface area contributed by atoms with Gasteiger partial charge in [-0.1, -0.05) is 0 Å². The van der Waals surface area contributed by atoms with Crippen LogP contribution in [0, 0.1) is 0 Å². The summed E-state index contributed by atoms with van der Waals surface area (Å²) >= 11 is 0. The van der Waals surface area contributed by atoms with Crippen LogP contribution in [0.2, 0.25) is 0 Å². The van der Waals surface area contributed by atoms with E-state index in [4.69, 9.17) is 0 Å². The van der Waals surface area contributed by atoms with Crippen LogP contribution in [-0.2, 0) is 16.4 Å². The van der Waals surface area contributed by atoms with Gasteiger partial charge in [0, 0.05) is 31.2 Å². The lowest BCUT2D eigenvalue weighted by Crippen LogP contribution is -2.34. The normalized spacial score (nSPS) is 14.0. The average molecular weight is 231 g/mol. The quantitative estimate of drug-likeness (QED) is 0.743. The molecule has 86 valence electrons. The van der Waals surface area contributed by atoms with E-state index >= 15 is 0 Å². The number of rotatable bonds is 6. The van der Waals surface area contributed by atoms with Gasteiger partial charge in [-0.05, 0) is 13.0 Å². The summed E-state index contributed by atoms with van der Waals surface area (Å²) in [5, 5.41) is 7.21. The van der Waals surface area contributed by atoms with Gasteiger partial charge in [0.2, 0.25) is 0 Å². The van der Waals surface area contributed by atoms with E-state index in [1.54, 1.807) is 6.20 Å². The molecule has 0 aliphatic heterocycles. The molecule has 0 spiro atoms. The van der Waals surface area contributed by atoms with Gasteiger partial charge in [0.05, 0.1) is 12.3 Å². The molecular formula is C9H17N3O2S. The Kier molecular flexibility index (Phi) is 4.28. The Labute approximate surface area is 90.4 Å². The first-order valence-electron chi connectivity index (χ1n) is 4.86. The van der Waals surface area contributed by atoms with Gasteiger partial charge in [0.25, 0.3) is 0 Å².